The maximum atomic E-state index is 13.0. The van der Waals surface area contributed by atoms with Crippen molar-refractivity contribution in [2.75, 3.05) is 12.5 Å². The lowest BCUT2D eigenvalue weighted by molar-refractivity contribution is -0.117. The van der Waals surface area contributed by atoms with E-state index in [1.54, 1.807) is 48.5 Å². The summed E-state index contributed by atoms with van der Waals surface area (Å²) in [7, 11) is 0. The standard InChI is InChI=1S/C24H20BrN3O4/c25-18-12-22-21(31-14-32-22)11-17(18)10-20(28-23(29)15-6-2-1-3-7-15)24(30)27-13-16-8-4-5-9-19(16)26/h1-12H,13-14,26H2,(H,27,30)(H,28,29). The third-order valence-corrected chi connectivity index (χ3v) is 5.50. The highest BCUT2D eigenvalue weighted by Crippen LogP contribution is 2.37. The number of fused-ring (bicyclic) bond motifs is 1. The van der Waals surface area contributed by atoms with Gasteiger partial charge in [-0.15, -0.1) is 0 Å². The number of amides is 2. The zero-order valence-electron chi connectivity index (χ0n) is 16.9. The predicted molar refractivity (Wildman–Crippen MR) is 125 cm³/mol. The Kier molecular flexibility index (Phi) is 6.42. The van der Waals surface area contributed by atoms with Crippen molar-refractivity contribution in [3.05, 3.63) is 93.6 Å². The molecule has 0 atom stereocenters. The van der Waals surface area contributed by atoms with Crippen molar-refractivity contribution in [3.63, 3.8) is 0 Å². The fourth-order valence-electron chi connectivity index (χ4n) is 3.11. The first-order valence-corrected chi connectivity index (χ1v) is 10.6. The Morgan fingerprint density at radius 2 is 1.69 bits per heavy atom. The van der Waals surface area contributed by atoms with Crippen LogP contribution in [0, 0.1) is 0 Å². The van der Waals surface area contributed by atoms with E-state index in [0.717, 1.165) is 5.56 Å². The number of carbonyl (C=O) groups is 2. The molecule has 0 bridgehead atoms. The molecule has 3 aromatic carbocycles. The van der Waals surface area contributed by atoms with Gasteiger partial charge >= 0.3 is 0 Å². The summed E-state index contributed by atoms with van der Waals surface area (Å²) in [6.45, 7) is 0.345. The lowest BCUT2D eigenvalue weighted by Gasteiger charge is -2.13. The van der Waals surface area contributed by atoms with Gasteiger partial charge in [-0.3, -0.25) is 9.59 Å². The molecule has 0 aromatic heterocycles. The van der Waals surface area contributed by atoms with Crippen LogP contribution < -0.4 is 25.8 Å². The molecule has 1 aliphatic heterocycles. The van der Waals surface area contributed by atoms with Crippen LogP contribution in [0.4, 0.5) is 5.69 Å². The second-order valence-electron chi connectivity index (χ2n) is 6.99. The quantitative estimate of drug-likeness (QED) is 0.357. The highest BCUT2D eigenvalue weighted by molar-refractivity contribution is 9.10. The van der Waals surface area contributed by atoms with Crippen molar-refractivity contribution < 1.29 is 19.1 Å². The van der Waals surface area contributed by atoms with Gasteiger partial charge in [-0.1, -0.05) is 52.3 Å². The number of hydrogen-bond acceptors (Lipinski definition) is 5. The second kappa shape index (κ2) is 9.57. The largest absolute Gasteiger partial charge is 0.454 e. The number of carbonyl (C=O) groups excluding carboxylic acids is 2. The third kappa shape index (κ3) is 4.92. The first-order chi connectivity index (χ1) is 15.5. The van der Waals surface area contributed by atoms with Gasteiger partial charge in [0, 0.05) is 22.3 Å². The third-order valence-electron chi connectivity index (χ3n) is 4.82. The summed E-state index contributed by atoms with van der Waals surface area (Å²) >= 11 is 3.48. The van der Waals surface area contributed by atoms with E-state index in [0.29, 0.717) is 32.8 Å². The van der Waals surface area contributed by atoms with Crippen LogP contribution >= 0.6 is 15.9 Å². The summed E-state index contributed by atoms with van der Waals surface area (Å²) in [5, 5.41) is 5.53. The molecule has 0 unspecified atom stereocenters. The molecule has 0 aliphatic carbocycles. The first kappa shape index (κ1) is 21.5. The Morgan fingerprint density at radius 3 is 2.44 bits per heavy atom. The van der Waals surface area contributed by atoms with Gasteiger partial charge in [-0.2, -0.15) is 0 Å². The van der Waals surface area contributed by atoms with E-state index in [1.165, 1.54) is 0 Å². The first-order valence-electron chi connectivity index (χ1n) is 9.80. The van der Waals surface area contributed by atoms with Crippen molar-refractivity contribution >= 4 is 39.5 Å². The van der Waals surface area contributed by atoms with Gasteiger partial charge in [-0.25, -0.2) is 0 Å². The minimum Gasteiger partial charge on any atom is -0.454 e. The zero-order valence-corrected chi connectivity index (χ0v) is 18.5. The van der Waals surface area contributed by atoms with Crippen molar-refractivity contribution in [2.45, 2.75) is 6.54 Å². The minimum absolute atomic E-state index is 0.0768. The number of hydrogen-bond donors (Lipinski definition) is 3. The predicted octanol–water partition coefficient (Wildman–Crippen LogP) is 3.85. The van der Waals surface area contributed by atoms with Crippen LogP contribution in [0.15, 0.2) is 76.9 Å². The van der Waals surface area contributed by atoms with Gasteiger partial charge in [-0.05, 0) is 47.5 Å². The molecular weight excluding hydrogens is 474 g/mol. The van der Waals surface area contributed by atoms with Crippen molar-refractivity contribution in [3.8, 4) is 11.5 Å². The normalized spacial score (nSPS) is 12.3. The van der Waals surface area contributed by atoms with Gasteiger partial charge < -0.3 is 25.8 Å². The number of para-hydroxylation sites is 1. The Balaban J connectivity index is 1.62. The number of nitrogen functional groups attached to an aromatic ring is 1. The number of nitrogens with two attached hydrogens (primary N) is 1. The Bertz CT molecular complexity index is 1200. The van der Waals surface area contributed by atoms with E-state index < -0.39 is 11.8 Å². The number of anilines is 1. The molecule has 1 aliphatic rings. The van der Waals surface area contributed by atoms with Crippen LogP contribution in [0.25, 0.3) is 6.08 Å². The SMILES string of the molecule is Nc1ccccc1CNC(=O)C(=Cc1cc2c(cc1Br)OCO2)NC(=O)c1ccccc1. The zero-order chi connectivity index (χ0) is 22.5. The Morgan fingerprint density at radius 1 is 1.00 bits per heavy atom. The van der Waals surface area contributed by atoms with Crippen molar-refractivity contribution in [1.82, 2.24) is 10.6 Å². The molecule has 32 heavy (non-hydrogen) atoms. The van der Waals surface area contributed by atoms with Crippen LogP contribution in [0.5, 0.6) is 11.5 Å². The fourth-order valence-corrected chi connectivity index (χ4v) is 3.54. The minimum atomic E-state index is -0.456. The highest BCUT2D eigenvalue weighted by atomic mass is 79.9. The van der Waals surface area contributed by atoms with Crippen LogP contribution in [0.1, 0.15) is 21.5 Å². The molecule has 2 amide bonds. The lowest BCUT2D eigenvalue weighted by atomic mass is 10.1. The number of rotatable bonds is 6. The maximum Gasteiger partial charge on any atom is 0.268 e. The molecule has 0 radical (unpaired) electrons. The van der Waals surface area contributed by atoms with Crippen molar-refractivity contribution in [1.29, 1.82) is 0 Å². The van der Waals surface area contributed by atoms with Crippen LogP contribution in [0.3, 0.4) is 0 Å². The Labute approximate surface area is 193 Å². The van der Waals surface area contributed by atoms with Crippen LogP contribution in [0.2, 0.25) is 0 Å². The summed E-state index contributed by atoms with van der Waals surface area (Å²) in [5.41, 5.74) is 8.47. The average Bonchev–Trinajstić information content (AvgIpc) is 3.25. The van der Waals surface area contributed by atoms with Gasteiger partial charge in [0.15, 0.2) is 11.5 Å². The summed E-state index contributed by atoms with van der Waals surface area (Å²) < 4.78 is 11.5. The summed E-state index contributed by atoms with van der Waals surface area (Å²) in [6.07, 6.45) is 1.58. The molecule has 0 saturated carbocycles. The van der Waals surface area contributed by atoms with E-state index >= 15 is 0 Å². The van der Waals surface area contributed by atoms with E-state index in [-0.39, 0.29) is 19.0 Å². The fraction of sp³-hybridized carbons (Fsp3) is 0.0833. The summed E-state index contributed by atoms with van der Waals surface area (Å²) in [4.78, 5) is 25.8. The van der Waals surface area contributed by atoms with Crippen LogP contribution in [-0.4, -0.2) is 18.6 Å². The van der Waals surface area contributed by atoms with Crippen molar-refractivity contribution in [2.24, 2.45) is 0 Å². The molecule has 8 heteroatoms. The maximum absolute atomic E-state index is 13.0. The molecule has 1 heterocycles. The van der Waals surface area contributed by atoms with E-state index in [4.69, 9.17) is 15.2 Å². The van der Waals surface area contributed by atoms with Gasteiger partial charge in [0.2, 0.25) is 6.79 Å². The summed E-state index contributed by atoms with van der Waals surface area (Å²) in [6, 6.07) is 19.4. The molecule has 0 spiro atoms. The smallest absolute Gasteiger partial charge is 0.268 e. The van der Waals surface area contributed by atoms with E-state index in [1.807, 2.05) is 24.3 Å². The lowest BCUT2D eigenvalue weighted by Crippen LogP contribution is -2.34. The van der Waals surface area contributed by atoms with Crippen LogP contribution in [-0.2, 0) is 11.3 Å². The van der Waals surface area contributed by atoms with Gasteiger partial charge in [0.25, 0.3) is 11.8 Å². The Hall–Kier alpha value is -3.78. The topological polar surface area (TPSA) is 103 Å². The van der Waals surface area contributed by atoms with Gasteiger partial charge in [0.1, 0.15) is 5.70 Å². The summed E-state index contributed by atoms with van der Waals surface area (Å²) in [5.74, 6) is 0.309. The average molecular weight is 494 g/mol. The van der Waals surface area contributed by atoms with E-state index in [9.17, 15) is 9.59 Å². The molecule has 162 valence electrons. The number of ether oxygens (including phenoxy) is 2. The molecule has 4 rings (SSSR count). The number of benzene rings is 3. The molecule has 0 fully saturated rings. The van der Waals surface area contributed by atoms with Gasteiger partial charge in [0.05, 0.1) is 0 Å². The molecular formula is C24H20BrN3O4. The number of nitrogens with one attached hydrogen (secondary N) is 2. The molecule has 3 aromatic rings. The molecule has 4 N–H and O–H groups in total. The van der Waals surface area contributed by atoms with E-state index in [2.05, 4.69) is 26.6 Å². The monoisotopic (exact) mass is 493 g/mol. The second-order valence-corrected chi connectivity index (χ2v) is 7.84. The molecule has 7 nitrogen and oxygen atoms in total. The number of halogens is 1. The molecule has 0 saturated heterocycles. The highest BCUT2D eigenvalue weighted by Gasteiger charge is 2.19.